The van der Waals surface area contributed by atoms with Gasteiger partial charge >= 0.3 is 0 Å². The molecule has 1 unspecified atom stereocenters. The van der Waals surface area contributed by atoms with Crippen LogP contribution in [0.25, 0.3) is 0 Å². The van der Waals surface area contributed by atoms with E-state index in [9.17, 15) is 0 Å². The summed E-state index contributed by atoms with van der Waals surface area (Å²) in [5.41, 5.74) is 0.625. The van der Waals surface area contributed by atoms with E-state index in [0.29, 0.717) is 5.41 Å². The molecule has 1 N–H and O–H groups in total. The summed E-state index contributed by atoms with van der Waals surface area (Å²) in [7, 11) is 0. The molecular weight excluding hydrogens is 212 g/mol. The molecule has 0 amide bonds. The predicted molar refractivity (Wildman–Crippen MR) is 69.1 cm³/mol. The van der Waals surface area contributed by atoms with Gasteiger partial charge in [0.2, 0.25) is 0 Å². The first-order valence-electron chi connectivity index (χ1n) is 7.37. The first-order chi connectivity index (χ1) is 8.36. The van der Waals surface area contributed by atoms with Crippen molar-refractivity contribution >= 4 is 0 Å². The molecule has 3 rings (SSSR count). The second-order valence-corrected chi connectivity index (χ2v) is 6.31. The molecule has 3 fully saturated rings. The van der Waals surface area contributed by atoms with E-state index in [-0.39, 0.29) is 0 Å². The molecule has 0 aromatic heterocycles. The van der Waals surface area contributed by atoms with Crippen LogP contribution in [0.15, 0.2) is 0 Å². The highest BCUT2D eigenvalue weighted by molar-refractivity contribution is 4.92. The van der Waals surface area contributed by atoms with E-state index < -0.39 is 0 Å². The van der Waals surface area contributed by atoms with Crippen LogP contribution in [0, 0.1) is 11.3 Å². The third-order valence-electron chi connectivity index (χ3n) is 4.99. The summed E-state index contributed by atoms with van der Waals surface area (Å²) >= 11 is 0. The van der Waals surface area contributed by atoms with Gasteiger partial charge in [0.05, 0.1) is 0 Å². The van der Waals surface area contributed by atoms with Gasteiger partial charge in [-0.3, -0.25) is 0 Å². The molecule has 0 aliphatic carbocycles. The van der Waals surface area contributed by atoms with Crippen molar-refractivity contribution in [1.82, 2.24) is 10.2 Å². The van der Waals surface area contributed by atoms with E-state index in [1.54, 1.807) is 0 Å². The molecule has 3 aliphatic heterocycles. The first-order valence-corrected chi connectivity index (χ1v) is 7.37. The minimum atomic E-state index is 0.625. The Kier molecular flexibility index (Phi) is 3.69. The lowest BCUT2D eigenvalue weighted by molar-refractivity contribution is 0.0185. The number of hydrogen-bond acceptors (Lipinski definition) is 3. The second kappa shape index (κ2) is 5.25. The normalized spacial score (nSPS) is 34.2. The van der Waals surface area contributed by atoms with Gasteiger partial charge in [-0.05, 0) is 63.1 Å². The van der Waals surface area contributed by atoms with E-state index in [0.717, 1.165) is 19.1 Å². The number of hydrogen-bond donors (Lipinski definition) is 1. The lowest BCUT2D eigenvalue weighted by Gasteiger charge is -2.34. The Labute approximate surface area is 105 Å². The monoisotopic (exact) mass is 238 g/mol. The maximum absolute atomic E-state index is 5.51. The van der Waals surface area contributed by atoms with E-state index in [4.69, 9.17) is 4.74 Å². The molecule has 1 spiro atoms. The number of ether oxygens (including phenoxy) is 1. The summed E-state index contributed by atoms with van der Waals surface area (Å²) in [6, 6.07) is 0. The molecule has 0 bridgehead atoms. The lowest BCUT2D eigenvalue weighted by Crippen LogP contribution is -2.39. The van der Waals surface area contributed by atoms with Crippen LogP contribution in [0.3, 0.4) is 0 Å². The molecular formula is C14H26N2O. The molecule has 1 atom stereocenters. The van der Waals surface area contributed by atoms with Gasteiger partial charge in [-0.1, -0.05) is 0 Å². The van der Waals surface area contributed by atoms with Gasteiger partial charge in [0.25, 0.3) is 0 Å². The minimum absolute atomic E-state index is 0.625. The Hall–Kier alpha value is -0.120. The maximum atomic E-state index is 5.51. The second-order valence-electron chi connectivity index (χ2n) is 6.31. The quantitative estimate of drug-likeness (QED) is 0.789. The van der Waals surface area contributed by atoms with E-state index in [2.05, 4.69) is 10.2 Å². The van der Waals surface area contributed by atoms with Crippen molar-refractivity contribution in [2.24, 2.45) is 11.3 Å². The third-order valence-corrected chi connectivity index (χ3v) is 4.99. The smallest absolute Gasteiger partial charge is 0.0471 e. The van der Waals surface area contributed by atoms with Crippen LogP contribution in [-0.2, 0) is 4.74 Å². The summed E-state index contributed by atoms with van der Waals surface area (Å²) in [5, 5.41) is 3.53. The number of likely N-dealkylation sites (tertiary alicyclic amines) is 1. The summed E-state index contributed by atoms with van der Waals surface area (Å²) in [4.78, 5) is 2.73. The molecule has 0 aromatic rings. The Morgan fingerprint density at radius 1 is 1.24 bits per heavy atom. The van der Waals surface area contributed by atoms with Gasteiger partial charge in [0, 0.05) is 26.3 Å². The van der Waals surface area contributed by atoms with Crippen LogP contribution in [-0.4, -0.2) is 50.8 Å². The molecule has 0 saturated carbocycles. The standard InChI is InChI=1S/C14H26N2O/c1-2-13(10-15-6-1)11-16-7-3-14(12-16)4-8-17-9-5-14/h13,15H,1-12H2. The Morgan fingerprint density at radius 3 is 2.88 bits per heavy atom. The average molecular weight is 238 g/mol. The average Bonchev–Trinajstić information content (AvgIpc) is 2.74. The SMILES string of the molecule is C1CNCC(CN2CCC3(CCOCC3)C2)C1. The van der Waals surface area contributed by atoms with Gasteiger partial charge in [-0.2, -0.15) is 0 Å². The highest BCUT2D eigenvalue weighted by Crippen LogP contribution is 2.39. The van der Waals surface area contributed by atoms with Gasteiger partial charge in [-0.15, -0.1) is 0 Å². The molecule has 3 aliphatic rings. The van der Waals surface area contributed by atoms with E-state index in [1.807, 2.05) is 0 Å². The fourth-order valence-electron chi connectivity index (χ4n) is 3.84. The summed E-state index contributed by atoms with van der Waals surface area (Å²) in [5.74, 6) is 0.902. The lowest BCUT2D eigenvalue weighted by atomic mass is 9.80. The Balaban J connectivity index is 1.49. The largest absolute Gasteiger partial charge is 0.381 e. The highest BCUT2D eigenvalue weighted by atomic mass is 16.5. The number of piperidine rings is 1. The molecule has 17 heavy (non-hydrogen) atoms. The van der Waals surface area contributed by atoms with E-state index >= 15 is 0 Å². The van der Waals surface area contributed by atoms with Crippen LogP contribution in [0.4, 0.5) is 0 Å². The molecule has 3 heteroatoms. The molecule has 0 aromatic carbocycles. The zero-order valence-corrected chi connectivity index (χ0v) is 10.9. The van der Waals surface area contributed by atoms with Crippen LogP contribution >= 0.6 is 0 Å². The Bertz CT molecular complexity index is 245. The number of rotatable bonds is 2. The maximum Gasteiger partial charge on any atom is 0.0471 e. The van der Waals surface area contributed by atoms with Crippen molar-refractivity contribution in [3.05, 3.63) is 0 Å². The predicted octanol–water partition coefficient (Wildman–Crippen LogP) is 1.49. The summed E-state index contributed by atoms with van der Waals surface area (Å²) in [6.07, 6.45) is 6.81. The topological polar surface area (TPSA) is 24.5 Å². The molecule has 3 nitrogen and oxygen atoms in total. The van der Waals surface area contributed by atoms with Crippen molar-refractivity contribution in [2.45, 2.75) is 32.1 Å². The summed E-state index contributed by atoms with van der Waals surface area (Å²) in [6.45, 7) is 8.47. The molecule has 3 saturated heterocycles. The third kappa shape index (κ3) is 2.83. The van der Waals surface area contributed by atoms with Crippen molar-refractivity contribution in [2.75, 3.05) is 45.9 Å². The van der Waals surface area contributed by atoms with Crippen LogP contribution < -0.4 is 5.32 Å². The first kappa shape index (κ1) is 11.9. The van der Waals surface area contributed by atoms with Crippen molar-refractivity contribution < 1.29 is 4.74 Å². The zero-order chi connectivity index (χ0) is 11.6. The molecule has 3 heterocycles. The zero-order valence-electron chi connectivity index (χ0n) is 10.9. The van der Waals surface area contributed by atoms with Crippen LogP contribution in [0.2, 0.25) is 0 Å². The van der Waals surface area contributed by atoms with Crippen molar-refractivity contribution in [3.8, 4) is 0 Å². The fraction of sp³-hybridized carbons (Fsp3) is 1.00. The van der Waals surface area contributed by atoms with Crippen LogP contribution in [0.1, 0.15) is 32.1 Å². The Morgan fingerprint density at radius 2 is 2.12 bits per heavy atom. The minimum Gasteiger partial charge on any atom is -0.381 e. The molecule has 98 valence electrons. The molecule has 0 radical (unpaired) electrons. The van der Waals surface area contributed by atoms with Crippen molar-refractivity contribution in [3.63, 3.8) is 0 Å². The fourth-order valence-corrected chi connectivity index (χ4v) is 3.84. The summed E-state index contributed by atoms with van der Waals surface area (Å²) < 4.78 is 5.51. The highest BCUT2D eigenvalue weighted by Gasteiger charge is 2.39. The number of nitrogens with zero attached hydrogens (tertiary/aromatic N) is 1. The van der Waals surface area contributed by atoms with Gasteiger partial charge in [-0.25, -0.2) is 0 Å². The van der Waals surface area contributed by atoms with Gasteiger partial charge < -0.3 is 15.0 Å². The number of nitrogens with one attached hydrogen (secondary N) is 1. The van der Waals surface area contributed by atoms with Gasteiger partial charge in [0.1, 0.15) is 0 Å². The van der Waals surface area contributed by atoms with Crippen molar-refractivity contribution in [1.29, 1.82) is 0 Å². The van der Waals surface area contributed by atoms with Crippen LogP contribution in [0.5, 0.6) is 0 Å². The van der Waals surface area contributed by atoms with Gasteiger partial charge in [0.15, 0.2) is 0 Å². The van der Waals surface area contributed by atoms with E-state index in [1.165, 1.54) is 64.8 Å².